The molecule has 0 aromatic rings. The van der Waals surface area contributed by atoms with Crippen LogP contribution in [0.15, 0.2) is 0 Å². The molecular formula is C8H16O2S. The van der Waals surface area contributed by atoms with Crippen LogP contribution in [-0.2, 0) is 9.47 Å². The van der Waals surface area contributed by atoms with Gasteiger partial charge in [0.1, 0.15) is 0 Å². The highest BCUT2D eigenvalue weighted by Crippen LogP contribution is 2.46. The Hall–Kier alpha value is 0.270. The molecule has 1 aliphatic carbocycles. The van der Waals surface area contributed by atoms with Crippen LogP contribution in [0.3, 0.4) is 0 Å². The summed E-state index contributed by atoms with van der Waals surface area (Å²) in [5.74, 6) is 0.958. The van der Waals surface area contributed by atoms with Gasteiger partial charge in [-0.05, 0) is 18.6 Å². The first-order valence-electron chi connectivity index (χ1n) is 4.00. The summed E-state index contributed by atoms with van der Waals surface area (Å²) in [7, 11) is 1.69. The van der Waals surface area contributed by atoms with Gasteiger partial charge in [-0.3, -0.25) is 0 Å². The van der Waals surface area contributed by atoms with Crippen molar-refractivity contribution in [2.45, 2.75) is 12.8 Å². The Labute approximate surface area is 73.7 Å². The summed E-state index contributed by atoms with van der Waals surface area (Å²) >= 11 is 4.28. The standard InChI is InChI=1S/C8H16O2S/c1-9-4-5-10-6-8(7-11)2-3-8/h11H,2-7H2,1H3. The molecule has 0 atom stereocenters. The van der Waals surface area contributed by atoms with E-state index in [2.05, 4.69) is 12.6 Å². The molecule has 0 amide bonds. The van der Waals surface area contributed by atoms with E-state index in [0.29, 0.717) is 18.6 Å². The van der Waals surface area contributed by atoms with E-state index in [4.69, 9.17) is 9.47 Å². The van der Waals surface area contributed by atoms with E-state index >= 15 is 0 Å². The maximum Gasteiger partial charge on any atom is 0.0700 e. The number of thiol groups is 1. The third kappa shape index (κ3) is 3.01. The van der Waals surface area contributed by atoms with E-state index in [1.165, 1.54) is 12.8 Å². The zero-order valence-corrected chi connectivity index (χ0v) is 7.90. The number of rotatable bonds is 6. The van der Waals surface area contributed by atoms with E-state index in [0.717, 1.165) is 12.4 Å². The Balaban J connectivity index is 1.94. The molecule has 1 fully saturated rings. The van der Waals surface area contributed by atoms with Gasteiger partial charge in [0.15, 0.2) is 0 Å². The zero-order valence-electron chi connectivity index (χ0n) is 7.01. The SMILES string of the molecule is COCCOCC1(CS)CC1. The number of ether oxygens (including phenoxy) is 2. The number of hydrogen-bond acceptors (Lipinski definition) is 3. The molecule has 0 heterocycles. The highest BCUT2D eigenvalue weighted by atomic mass is 32.1. The zero-order chi connectivity index (χ0) is 8.16. The fraction of sp³-hybridized carbons (Fsp3) is 1.00. The van der Waals surface area contributed by atoms with Crippen LogP contribution < -0.4 is 0 Å². The lowest BCUT2D eigenvalue weighted by Gasteiger charge is -2.11. The average molecular weight is 176 g/mol. The minimum Gasteiger partial charge on any atom is -0.382 e. The average Bonchev–Trinajstić information content (AvgIpc) is 2.80. The van der Waals surface area contributed by atoms with E-state index in [1.807, 2.05) is 0 Å². The van der Waals surface area contributed by atoms with Gasteiger partial charge < -0.3 is 9.47 Å². The van der Waals surface area contributed by atoms with Crippen molar-refractivity contribution in [1.29, 1.82) is 0 Å². The summed E-state index contributed by atoms with van der Waals surface area (Å²) in [6.07, 6.45) is 2.56. The molecule has 0 aromatic carbocycles. The summed E-state index contributed by atoms with van der Waals surface area (Å²) in [5, 5.41) is 0. The fourth-order valence-electron chi connectivity index (χ4n) is 0.956. The summed E-state index contributed by atoms with van der Waals surface area (Å²) in [6.45, 7) is 2.27. The van der Waals surface area contributed by atoms with Gasteiger partial charge in [-0.1, -0.05) is 0 Å². The molecular weight excluding hydrogens is 160 g/mol. The second-order valence-electron chi connectivity index (χ2n) is 3.20. The Kier molecular flexibility index (Phi) is 3.69. The molecule has 0 unspecified atom stereocenters. The fourth-order valence-corrected chi connectivity index (χ4v) is 1.36. The lowest BCUT2D eigenvalue weighted by Crippen LogP contribution is -2.14. The predicted molar refractivity (Wildman–Crippen MR) is 48.2 cm³/mol. The van der Waals surface area contributed by atoms with Gasteiger partial charge in [0.2, 0.25) is 0 Å². The van der Waals surface area contributed by atoms with Crippen molar-refractivity contribution >= 4 is 12.6 Å². The van der Waals surface area contributed by atoms with E-state index in [-0.39, 0.29) is 0 Å². The molecule has 66 valence electrons. The highest BCUT2D eigenvalue weighted by molar-refractivity contribution is 7.80. The lowest BCUT2D eigenvalue weighted by atomic mass is 10.2. The Bertz CT molecular complexity index is 113. The molecule has 11 heavy (non-hydrogen) atoms. The minimum absolute atomic E-state index is 0.427. The van der Waals surface area contributed by atoms with Crippen LogP contribution in [0.25, 0.3) is 0 Å². The lowest BCUT2D eigenvalue weighted by molar-refractivity contribution is 0.0503. The van der Waals surface area contributed by atoms with Crippen molar-refractivity contribution in [2.24, 2.45) is 5.41 Å². The largest absolute Gasteiger partial charge is 0.382 e. The van der Waals surface area contributed by atoms with Crippen LogP contribution in [0.5, 0.6) is 0 Å². The Morgan fingerprint density at radius 3 is 2.55 bits per heavy atom. The summed E-state index contributed by atoms with van der Waals surface area (Å²) in [5.41, 5.74) is 0.427. The number of methoxy groups -OCH3 is 1. The van der Waals surface area contributed by atoms with Crippen molar-refractivity contribution in [2.75, 3.05) is 32.7 Å². The van der Waals surface area contributed by atoms with Gasteiger partial charge in [0, 0.05) is 12.5 Å². The maximum absolute atomic E-state index is 5.42. The summed E-state index contributed by atoms with van der Waals surface area (Å²) < 4.78 is 10.3. The first-order valence-corrected chi connectivity index (χ1v) is 4.64. The van der Waals surface area contributed by atoms with Crippen LogP contribution in [-0.4, -0.2) is 32.7 Å². The third-order valence-electron chi connectivity index (χ3n) is 2.13. The van der Waals surface area contributed by atoms with Crippen LogP contribution in [0.2, 0.25) is 0 Å². The monoisotopic (exact) mass is 176 g/mol. The van der Waals surface area contributed by atoms with E-state index in [9.17, 15) is 0 Å². The van der Waals surface area contributed by atoms with Crippen molar-refractivity contribution in [3.8, 4) is 0 Å². The third-order valence-corrected chi connectivity index (χ3v) is 2.80. The van der Waals surface area contributed by atoms with Crippen LogP contribution >= 0.6 is 12.6 Å². The minimum atomic E-state index is 0.427. The molecule has 1 rings (SSSR count). The van der Waals surface area contributed by atoms with E-state index < -0.39 is 0 Å². The molecule has 1 saturated carbocycles. The summed E-state index contributed by atoms with van der Waals surface area (Å²) in [4.78, 5) is 0. The number of hydrogen-bond donors (Lipinski definition) is 1. The molecule has 0 aromatic heterocycles. The van der Waals surface area contributed by atoms with Gasteiger partial charge >= 0.3 is 0 Å². The first kappa shape index (κ1) is 9.36. The Morgan fingerprint density at radius 1 is 1.36 bits per heavy atom. The second kappa shape index (κ2) is 4.33. The first-order chi connectivity index (χ1) is 5.33. The predicted octanol–water partition coefficient (Wildman–Crippen LogP) is 1.36. The molecule has 0 N–H and O–H groups in total. The van der Waals surface area contributed by atoms with Crippen LogP contribution in [0, 0.1) is 5.41 Å². The molecule has 0 bridgehead atoms. The van der Waals surface area contributed by atoms with Crippen molar-refractivity contribution < 1.29 is 9.47 Å². The smallest absolute Gasteiger partial charge is 0.0700 e. The highest BCUT2D eigenvalue weighted by Gasteiger charge is 2.41. The van der Waals surface area contributed by atoms with Gasteiger partial charge in [-0.2, -0.15) is 12.6 Å². The topological polar surface area (TPSA) is 18.5 Å². The van der Waals surface area contributed by atoms with Crippen molar-refractivity contribution in [1.82, 2.24) is 0 Å². The van der Waals surface area contributed by atoms with Gasteiger partial charge in [-0.25, -0.2) is 0 Å². The second-order valence-corrected chi connectivity index (χ2v) is 3.52. The normalized spacial score (nSPS) is 20.2. The molecule has 2 nitrogen and oxygen atoms in total. The molecule has 0 spiro atoms. The van der Waals surface area contributed by atoms with E-state index in [1.54, 1.807) is 7.11 Å². The molecule has 0 aliphatic heterocycles. The van der Waals surface area contributed by atoms with Crippen molar-refractivity contribution in [3.05, 3.63) is 0 Å². The van der Waals surface area contributed by atoms with Crippen LogP contribution in [0.1, 0.15) is 12.8 Å². The van der Waals surface area contributed by atoms with Gasteiger partial charge in [-0.15, -0.1) is 0 Å². The summed E-state index contributed by atoms with van der Waals surface area (Å²) in [6, 6.07) is 0. The maximum atomic E-state index is 5.42. The molecule has 3 heteroatoms. The van der Waals surface area contributed by atoms with Gasteiger partial charge in [0.25, 0.3) is 0 Å². The molecule has 0 radical (unpaired) electrons. The van der Waals surface area contributed by atoms with Crippen molar-refractivity contribution in [3.63, 3.8) is 0 Å². The molecule has 1 aliphatic rings. The quantitative estimate of drug-likeness (QED) is 0.486. The van der Waals surface area contributed by atoms with Gasteiger partial charge in [0.05, 0.1) is 19.8 Å². The van der Waals surface area contributed by atoms with Crippen LogP contribution in [0.4, 0.5) is 0 Å². The molecule has 0 saturated heterocycles. The Morgan fingerprint density at radius 2 is 2.09 bits per heavy atom.